The molecule has 1 aliphatic heterocycles. The number of nitrogens with zero attached hydrogens (tertiary/aromatic N) is 2. The summed E-state index contributed by atoms with van der Waals surface area (Å²) in [4.78, 5) is 30.3. The van der Waals surface area contributed by atoms with Crippen LogP contribution < -0.4 is 0 Å². The number of hydrogen-bond acceptors (Lipinski definition) is 5. The molecule has 7 heteroatoms. The topological polar surface area (TPSA) is 79.7 Å². The Morgan fingerprint density at radius 2 is 2.14 bits per heavy atom. The number of rotatable bonds is 3. The number of carboxylic acids is 1. The Bertz CT molecular complexity index is 577. The second-order valence-corrected chi connectivity index (χ2v) is 7.52. The van der Waals surface area contributed by atoms with Crippen molar-refractivity contribution in [1.82, 2.24) is 9.88 Å². The highest BCUT2D eigenvalue weighted by Crippen LogP contribution is 2.30. The summed E-state index contributed by atoms with van der Waals surface area (Å²) in [6.07, 6.45) is -0.524. The summed E-state index contributed by atoms with van der Waals surface area (Å²) in [5.74, 6) is -0.993. The minimum Gasteiger partial charge on any atom is -0.481 e. The van der Waals surface area contributed by atoms with E-state index in [0.29, 0.717) is 24.6 Å². The van der Waals surface area contributed by atoms with Crippen molar-refractivity contribution in [3.05, 3.63) is 15.6 Å². The van der Waals surface area contributed by atoms with Gasteiger partial charge >= 0.3 is 5.97 Å². The fourth-order valence-corrected chi connectivity index (χ4v) is 3.37. The lowest BCUT2D eigenvalue weighted by molar-refractivity contribution is -0.141. The van der Waals surface area contributed by atoms with Gasteiger partial charge in [-0.05, 0) is 6.92 Å². The predicted octanol–water partition coefficient (Wildman–Crippen LogP) is 2.06. The highest BCUT2D eigenvalue weighted by atomic mass is 32.1. The summed E-state index contributed by atoms with van der Waals surface area (Å²) in [7, 11) is 0. The number of hydrogen-bond donors (Lipinski definition) is 1. The van der Waals surface area contributed by atoms with Crippen LogP contribution in [0, 0.1) is 6.92 Å². The van der Waals surface area contributed by atoms with Gasteiger partial charge in [-0.15, -0.1) is 11.3 Å². The number of morpholine rings is 1. The van der Waals surface area contributed by atoms with E-state index in [1.165, 1.54) is 11.3 Å². The van der Waals surface area contributed by atoms with E-state index in [2.05, 4.69) is 25.8 Å². The van der Waals surface area contributed by atoms with Gasteiger partial charge in [-0.25, -0.2) is 4.98 Å². The number of thiazole rings is 1. The first kappa shape index (κ1) is 16.9. The zero-order valence-corrected chi connectivity index (χ0v) is 14.2. The third-order valence-electron chi connectivity index (χ3n) is 3.46. The SMILES string of the molecule is Cc1nc(C(C)(C)C)sc1C(=O)N1CCOC(CC(=O)O)C1. The lowest BCUT2D eigenvalue weighted by atomic mass is 9.98. The highest BCUT2D eigenvalue weighted by Gasteiger charge is 2.30. The van der Waals surface area contributed by atoms with E-state index < -0.39 is 12.1 Å². The monoisotopic (exact) mass is 326 g/mol. The van der Waals surface area contributed by atoms with Gasteiger partial charge in [0.05, 0.1) is 29.8 Å². The molecule has 1 aliphatic rings. The molecule has 0 saturated carbocycles. The Morgan fingerprint density at radius 3 is 2.68 bits per heavy atom. The molecular formula is C15H22N2O4S. The predicted molar refractivity (Wildman–Crippen MR) is 83.4 cm³/mol. The van der Waals surface area contributed by atoms with Crippen LogP contribution in [-0.4, -0.2) is 52.7 Å². The van der Waals surface area contributed by atoms with Gasteiger partial charge in [0.15, 0.2) is 0 Å². The lowest BCUT2D eigenvalue weighted by Gasteiger charge is -2.32. The van der Waals surface area contributed by atoms with Gasteiger partial charge in [-0.2, -0.15) is 0 Å². The Balaban J connectivity index is 2.14. The van der Waals surface area contributed by atoms with Crippen molar-refractivity contribution in [2.75, 3.05) is 19.7 Å². The number of ether oxygens (including phenoxy) is 1. The number of carboxylic acid groups (broad SMARTS) is 1. The van der Waals surface area contributed by atoms with E-state index in [0.717, 1.165) is 10.7 Å². The molecule has 1 aromatic rings. The molecule has 122 valence electrons. The molecule has 0 spiro atoms. The normalized spacial score (nSPS) is 19.3. The lowest BCUT2D eigenvalue weighted by Crippen LogP contribution is -2.46. The van der Waals surface area contributed by atoms with Gasteiger partial charge in [0, 0.05) is 18.5 Å². The van der Waals surface area contributed by atoms with Gasteiger partial charge in [0.1, 0.15) is 4.88 Å². The Hall–Kier alpha value is -1.47. The number of aryl methyl sites for hydroxylation is 1. The fourth-order valence-electron chi connectivity index (χ4n) is 2.28. The number of carbonyl (C=O) groups is 2. The maximum atomic E-state index is 12.7. The van der Waals surface area contributed by atoms with Crippen LogP contribution in [0.3, 0.4) is 0 Å². The van der Waals surface area contributed by atoms with Crippen LogP contribution in [0.25, 0.3) is 0 Å². The van der Waals surface area contributed by atoms with Gasteiger partial charge < -0.3 is 14.7 Å². The Kier molecular flexibility index (Phi) is 4.87. The van der Waals surface area contributed by atoms with Crippen LogP contribution in [0.1, 0.15) is 47.6 Å². The second kappa shape index (κ2) is 6.34. The van der Waals surface area contributed by atoms with Crippen molar-refractivity contribution < 1.29 is 19.4 Å². The molecule has 0 aliphatic carbocycles. The minimum atomic E-state index is -0.914. The molecule has 6 nitrogen and oxygen atoms in total. The molecule has 1 N–H and O–H groups in total. The molecular weight excluding hydrogens is 304 g/mol. The summed E-state index contributed by atoms with van der Waals surface area (Å²) in [5, 5.41) is 9.79. The average Bonchev–Trinajstić information content (AvgIpc) is 2.79. The zero-order chi connectivity index (χ0) is 16.5. The van der Waals surface area contributed by atoms with Crippen molar-refractivity contribution in [3.63, 3.8) is 0 Å². The maximum Gasteiger partial charge on any atom is 0.306 e. The van der Waals surface area contributed by atoms with E-state index >= 15 is 0 Å². The van der Waals surface area contributed by atoms with Crippen molar-refractivity contribution in [2.45, 2.75) is 45.6 Å². The molecule has 1 unspecified atom stereocenters. The summed E-state index contributed by atoms with van der Waals surface area (Å²) in [5.41, 5.74) is 0.645. The van der Waals surface area contributed by atoms with Crippen molar-refractivity contribution in [2.24, 2.45) is 0 Å². The van der Waals surface area contributed by atoms with E-state index in [4.69, 9.17) is 9.84 Å². The van der Waals surface area contributed by atoms with Gasteiger partial charge in [-0.1, -0.05) is 20.8 Å². The summed E-state index contributed by atoms with van der Waals surface area (Å²) < 4.78 is 5.41. The highest BCUT2D eigenvalue weighted by molar-refractivity contribution is 7.14. The van der Waals surface area contributed by atoms with Crippen molar-refractivity contribution in [3.8, 4) is 0 Å². The van der Waals surface area contributed by atoms with Crippen LogP contribution >= 0.6 is 11.3 Å². The van der Waals surface area contributed by atoms with Crippen molar-refractivity contribution in [1.29, 1.82) is 0 Å². The van der Waals surface area contributed by atoms with Gasteiger partial charge in [0.2, 0.25) is 0 Å². The second-order valence-electron chi connectivity index (χ2n) is 6.53. The number of amides is 1. The van der Waals surface area contributed by atoms with E-state index in [-0.39, 0.29) is 17.7 Å². The molecule has 1 amide bonds. The first-order chi connectivity index (χ1) is 10.2. The quantitative estimate of drug-likeness (QED) is 0.920. The van der Waals surface area contributed by atoms with E-state index in [1.807, 2.05) is 6.92 Å². The van der Waals surface area contributed by atoms with E-state index in [1.54, 1.807) is 4.90 Å². The molecule has 22 heavy (non-hydrogen) atoms. The maximum absolute atomic E-state index is 12.7. The molecule has 2 heterocycles. The van der Waals surface area contributed by atoms with Crippen LogP contribution in [0.15, 0.2) is 0 Å². The first-order valence-corrected chi connectivity index (χ1v) is 8.10. The number of aromatic nitrogens is 1. The van der Waals surface area contributed by atoms with Gasteiger partial charge in [-0.3, -0.25) is 9.59 Å². The van der Waals surface area contributed by atoms with Gasteiger partial charge in [0.25, 0.3) is 5.91 Å². The summed E-state index contributed by atoms with van der Waals surface area (Å²) in [6, 6.07) is 0. The molecule has 0 radical (unpaired) electrons. The molecule has 1 saturated heterocycles. The molecule has 1 fully saturated rings. The Morgan fingerprint density at radius 1 is 1.45 bits per heavy atom. The summed E-state index contributed by atoms with van der Waals surface area (Å²) in [6.45, 7) is 9.21. The van der Waals surface area contributed by atoms with Crippen LogP contribution in [0.5, 0.6) is 0 Å². The molecule has 1 atom stereocenters. The smallest absolute Gasteiger partial charge is 0.306 e. The largest absolute Gasteiger partial charge is 0.481 e. The molecule has 1 aromatic heterocycles. The zero-order valence-electron chi connectivity index (χ0n) is 13.4. The minimum absolute atomic E-state index is 0.0795. The standard InChI is InChI=1S/C15H22N2O4S/c1-9-12(22-14(16-9)15(2,3)4)13(20)17-5-6-21-10(8-17)7-11(18)19/h10H,5-8H2,1-4H3,(H,18,19). The number of carbonyl (C=O) groups excluding carboxylic acids is 1. The average molecular weight is 326 g/mol. The molecule has 2 rings (SSSR count). The molecule has 0 bridgehead atoms. The Labute approximate surface area is 134 Å². The van der Waals surface area contributed by atoms with E-state index in [9.17, 15) is 9.59 Å². The number of aliphatic carboxylic acids is 1. The van der Waals surface area contributed by atoms with Crippen LogP contribution in [0.2, 0.25) is 0 Å². The van der Waals surface area contributed by atoms with Crippen molar-refractivity contribution >= 4 is 23.2 Å². The third-order valence-corrected chi connectivity index (χ3v) is 5.03. The van der Waals surface area contributed by atoms with Crippen LogP contribution in [-0.2, 0) is 14.9 Å². The summed E-state index contributed by atoms with van der Waals surface area (Å²) >= 11 is 1.42. The van der Waals surface area contributed by atoms with Crippen LogP contribution in [0.4, 0.5) is 0 Å². The first-order valence-electron chi connectivity index (χ1n) is 7.29. The fraction of sp³-hybridized carbons (Fsp3) is 0.667. The third kappa shape index (κ3) is 3.84. The molecule has 0 aromatic carbocycles.